The molecule has 0 atom stereocenters. The van der Waals surface area contributed by atoms with E-state index in [0.29, 0.717) is 18.9 Å². The van der Waals surface area contributed by atoms with Crippen LogP contribution in [0, 0.1) is 0 Å². The zero-order valence-electron chi connectivity index (χ0n) is 8.94. The van der Waals surface area contributed by atoms with Crippen molar-refractivity contribution in [3.8, 4) is 0 Å². The number of carboxylic acids is 1. The monoisotopic (exact) mass is 215 g/mol. The molecule has 0 aliphatic carbocycles. The Morgan fingerprint density at radius 3 is 2.40 bits per heavy atom. The first-order valence-electron chi connectivity index (χ1n) is 5.28. The van der Waals surface area contributed by atoms with Gasteiger partial charge < -0.3 is 14.6 Å². The maximum Gasteiger partial charge on any atom is 0.336 e. The SMILES string of the molecule is COC1(C(=O)O)CCN(C2COC2)CC1. The van der Waals surface area contributed by atoms with Gasteiger partial charge in [0.1, 0.15) is 0 Å². The van der Waals surface area contributed by atoms with Crippen molar-refractivity contribution in [2.75, 3.05) is 33.4 Å². The maximum absolute atomic E-state index is 11.1. The van der Waals surface area contributed by atoms with Gasteiger partial charge in [-0.1, -0.05) is 0 Å². The van der Waals surface area contributed by atoms with E-state index in [0.717, 1.165) is 26.3 Å². The van der Waals surface area contributed by atoms with Crippen LogP contribution in [0.2, 0.25) is 0 Å². The zero-order valence-corrected chi connectivity index (χ0v) is 8.94. The van der Waals surface area contributed by atoms with Crippen LogP contribution in [-0.4, -0.2) is 61.0 Å². The standard InChI is InChI=1S/C10H17NO4/c1-14-10(9(12)13)2-4-11(5-3-10)8-6-15-7-8/h8H,2-7H2,1H3,(H,12,13). The third kappa shape index (κ3) is 1.87. The van der Waals surface area contributed by atoms with E-state index in [1.165, 1.54) is 7.11 Å². The van der Waals surface area contributed by atoms with Crippen molar-refractivity contribution in [1.29, 1.82) is 0 Å². The van der Waals surface area contributed by atoms with E-state index < -0.39 is 11.6 Å². The number of likely N-dealkylation sites (tertiary alicyclic amines) is 1. The Morgan fingerprint density at radius 2 is 2.07 bits per heavy atom. The van der Waals surface area contributed by atoms with Crippen molar-refractivity contribution in [2.24, 2.45) is 0 Å². The maximum atomic E-state index is 11.1. The highest BCUT2D eigenvalue weighted by atomic mass is 16.5. The Morgan fingerprint density at radius 1 is 1.47 bits per heavy atom. The predicted octanol–water partition coefficient (Wildman–Crippen LogP) is -0.0492. The van der Waals surface area contributed by atoms with Crippen molar-refractivity contribution in [1.82, 2.24) is 4.90 Å². The van der Waals surface area contributed by atoms with Gasteiger partial charge in [0.15, 0.2) is 5.60 Å². The molecule has 0 aromatic heterocycles. The lowest BCUT2D eigenvalue weighted by Gasteiger charge is -2.44. The Balaban J connectivity index is 1.91. The van der Waals surface area contributed by atoms with Crippen LogP contribution in [0.1, 0.15) is 12.8 Å². The van der Waals surface area contributed by atoms with Crippen molar-refractivity contribution < 1.29 is 19.4 Å². The van der Waals surface area contributed by atoms with Crippen LogP contribution in [0.5, 0.6) is 0 Å². The van der Waals surface area contributed by atoms with Crippen LogP contribution in [-0.2, 0) is 14.3 Å². The highest BCUT2D eigenvalue weighted by Gasteiger charge is 2.43. The first kappa shape index (κ1) is 10.9. The number of hydrogen-bond donors (Lipinski definition) is 1. The molecule has 1 N–H and O–H groups in total. The summed E-state index contributed by atoms with van der Waals surface area (Å²) >= 11 is 0. The summed E-state index contributed by atoms with van der Waals surface area (Å²) in [6.07, 6.45) is 1.13. The minimum atomic E-state index is -0.957. The molecule has 0 amide bonds. The normalized spacial score (nSPS) is 27.3. The number of hydrogen-bond acceptors (Lipinski definition) is 4. The number of methoxy groups -OCH3 is 1. The molecule has 2 saturated heterocycles. The van der Waals surface area contributed by atoms with Crippen LogP contribution >= 0.6 is 0 Å². The van der Waals surface area contributed by atoms with Crippen LogP contribution < -0.4 is 0 Å². The molecule has 0 radical (unpaired) electrons. The number of nitrogens with zero attached hydrogens (tertiary/aromatic N) is 1. The van der Waals surface area contributed by atoms with Crippen molar-refractivity contribution in [3.05, 3.63) is 0 Å². The largest absolute Gasteiger partial charge is 0.479 e. The molecule has 5 nitrogen and oxygen atoms in total. The fourth-order valence-corrected chi connectivity index (χ4v) is 2.19. The molecule has 0 aromatic carbocycles. The molecular weight excluding hydrogens is 198 g/mol. The van der Waals surface area contributed by atoms with E-state index in [-0.39, 0.29) is 0 Å². The van der Waals surface area contributed by atoms with Crippen LogP contribution in [0.4, 0.5) is 0 Å². The Labute approximate surface area is 89.0 Å². The number of carbonyl (C=O) groups is 1. The quantitative estimate of drug-likeness (QED) is 0.715. The van der Waals surface area contributed by atoms with Gasteiger partial charge in [0, 0.05) is 20.2 Å². The van der Waals surface area contributed by atoms with Gasteiger partial charge in [-0.25, -0.2) is 4.79 Å². The second-order valence-electron chi connectivity index (χ2n) is 4.23. The summed E-state index contributed by atoms with van der Waals surface area (Å²) in [6, 6.07) is 0.494. The number of ether oxygens (including phenoxy) is 2. The fraction of sp³-hybridized carbons (Fsp3) is 0.900. The average Bonchev–Trinajstić information content (AvgIpc) is 2.16. The molecule has 0 aromatic rings. The third-order valence-electron chi connectivity index (χ3n) is 3.52. The second-order valence-corrected chi connectivity index (χ2v) is 4.23. The highest BCUT2D eigenvalue weighted by molar-refractivity contribution is 5.77. The fourth-order valence-electron chi connectivity index (χ4n) is 2.19. The molecule has 86 valence electrons. The molecule has 2 aliphatic rings. The van der Waals surface area contributed by atoms with E-state index in [1.54, 1.807) is 0 Å². The molecule has 2 heterocycles. The summed E-state index contributed by atoms with van der Waals surface area (Å²) in [7, 11) is 1.48. The van der Waals surface area contributed by atoms with E-state index in [1.807, 2.05) is 0 Å². The van der Waals surface area contributed by atoms with Crippen LogP contribution in [0.15, 0.2) is 0 Å². The molecule has 0 unspecified atom stereocenters. The first-order valence-corrected chi connectivity index (χ1v) is 5.28. The van der Waals surface area contributed by atoms with Crippen LogP contribution in [0.25, 0.3) is 0 Å². The number of rotatable bonds is 3. The van der Waals surface area contributed by atoms with Crippen molar-refractivity contribution >= 4 is 5.97 Å². The summed E-state index contributed by atoms with van der Waals surface area (Å²) in [6.45, 7) is 3.14. The van der Waals surface area contributed by atoms with Crippen LogP contribution in [0.3, 0.4) is 0 Å². The summed E-state index contributed by atoms with van der Waals surface area (Å²) in [5.74, 6) is -0.838. The summed E-state index contributed by atoms with van der Waals surface area (Å²) in [5, 5.41) is 9.12. The van der Waals surface area contributed by atoms with Gasteiger partial charge in [0.05, 0.1) is 19.3 Å². The third-order valence-corrected chi connectivity index (χ3v) is 3.52. The molecule has 2 aliphatic heterocycles. The smallest absolute Gasteiger partial charge is 0.336 e. The minimum Gasteiger partial charge on any atom is -0.479 e. The summed E-state index contributed by atoms with van der Waals surface area (Å²) in [4.78, 5) is 13.4. The van der Waals surface area contributed by atoms with Gasteiger partial charge >= 0.3 is 5.97 Å². The molecule has 2 rings (SSSR count). The molecule has 0 spiro atoms. The Hall–Kier alpha value is -0.650. The number of aliphatic carboxylic acids is 1. The van der Waals surface area contributed by atoms with Gasteiger partial charge in [0.25, 0.3) is 0 Å². The zero-order chi connectivity index (χ0) is 10.9. The lowest BCUT2D eigenvalue weighted by atomic mass is 9.90. The van der Waals surface area contributed by atoms with Gasteiger partial charge in [-0.05, 0) is 12.8 Å². The van der Waals surface area contributed by atoms with Crippen molar-refractivity contribution in [2.45, 2.75) is 24.5 Å². The van der Waals surface area contributed by atoms with E-state index in [4.69, 9.17) is 14.6 Å². The minimum absolute atomic E-state index is 0.494. The molecule has 0 bridgehead atoms. The lowest BCUT2D eigenvalue weighted by molar-refractivity contribution is -0.172. The van der Waals surface area contributed by atoms with Gasteiger partial charge in [-0.2, -0.15) is 0 Å². The molecule has 2 fully saturated rings. The summed E-state index contributed by atoms with van der Waals surface area (Å²) in [5.41, 5.74) is -0.957. The Bertz CT molecular complexity index is 244. The second kappa shape index (κ2) is 4.08. The average molecular weight is 215 g/mol. The molecule has 15 heavy (non-hydrogen) atoms. The summed E-state index contributed by atoms with van der Waals surface area (Å²) < 4.78 is 10.3. The molecular formula is C10H17NO4. The lowest BCUT2D eigenvalue weighted by Crippen LogP contribution is -2.57. The van der Waals surface area contributed by atoms with E-state index >= 15 is 0 Å². The van der Waals surface area contributed by atoms with Gasteiger partial charge in [-0.3, -0.25) is 4.90 Å². The number of carboxylic acid groups (broad SMARTS) is 1. The molecule has 0 saturated carbocycles. The number of piperidine rings is 1. The van der Waals surface area contributed by atoms with Gasteiger partial charge in [-0.15, -0.1) is 0 Å². The van der Waals surface area contributed by atoms with Crippen molar-refractivity contribution in [3.63, 3.8) is 0 Å². The topological polar surface area (TPSA) is 59.0 Å². The molecule has 5 heteroatoms. The van der Waals surface area contributed by atoms with Gasteiger partial charge in [0.2, 0.25) is 0 Å². The Kier molecular flexibility index (Phi) is 2.95. The van der Waals surface area contributed by atoms with E-state index in [9.17, 15) is 4.79 Å². The highest BCUT2D eigenvalue weighted by Crippen LogP contribution is 2.28. The first-order chi connectivity index (χ1) is 7.18. The van der Waals surface area contributed by atoms with E-state index in [2.05, 4.69) is 4.90 Å². The predicted molar refractivity (Wildman–Crippen MR) is 52.8 cm³/mol.